The summed E-state index contributed by atoms with van der Waals surface area (Å²) in [6, 6.07) is 3.99. The van der Waals surface area contributed by atoms with Crippen LogP contribution in [0.15, 0.2) is 30.6 Å². The number of rotatable bonds is 0. The number of fused-ring (bicyclic) bond motifs is 1. The Morgan fingerprint density at radius 2 is 2.40 bits per heavy atom. The second-order valence-corrected chi connectivity index (χ2v) is 2.20. The van der Waals surface area contributed by atoms with Gasteiger partial charge in [0.25, 0.3) is 0 Å². The van der Waals surface area contributed by atoms with E-state index in [1.165, 1.54) is 5.56 Å². The smallest absolute Gasteiger partial charge is 0.155 e. The molecule has 1 aromatic rings. The van der Waals surface area contributed by atoms with Crippen molar-refractivity contribution < 1.29 is 0 Å². The summed E-state index contributed by atoms with van der Waals surface area (Å²) in [4.78, 5) is 4.10. The average Bonchev–Trinajstić information content (AvgIpc) is 2.05. The fourth-order valence-electron chi connectivity index (χ4n) is 1.01. The molecule has 0 unspecified atom stereocenters. The third-order valence-electron chi connectivity index (χ3n) is 1.51. The van der Waals surface area contributed by atoms with Crippen molar-refractivity contribution in [3.05, 3.63) is 36.2 Å². The molecule has 1 aromatic heterocycles. The summed E-state index contributed by atoms with van der Waals surface area (Å²) < 4.78 is 0. The predicted molar refractivity (Wildman–Crippen MR) is 38.9 cm³/mol. The third kappa shape index (κ3) is 0.778. The Morgan fingerprint density at radius 1 is 1.40 bits per heavy atom. The van der Waals surface area contributed by atoms with Crippen molar-refractivity contribution in [2.45, 2.75) is 6.42 Å². The number of allylic oxidation sites excluding steroid dienone is 1. The van der Waals surface area contributed by atoms with Crippen LogP contribution in [0, 0.1) is 0 Å². The zero-order valence-electron chi connectivity index (χ0n) is 5.49. The molecule has 0 atom stereocenters. The maximum Gasteiger partial charge on any atom is 0.155 e. The molecule has 49 valence electrons. The highest BCUT2D eigenvalue weighted by molar-refractivity contribution is 5.41. The van der Waals surface area contributed by atoms with E-state index in [0.29, 0.717) is 0 Å². The molecule has 2 heterocycles. The molecule has 0 aliphatic carbocycles. The van der Waals surface area contributed by atoms with Gasteiger partial charge in [0.2, 0.25) is 0 Å². The van der Waals surface area contributed by atoms with E-state index in [1.807, 2.05) is 12.1 Å². The van der Waals surface area contributed by atoms with E-state index in [-0.39, 0.29) is 0 Å². The maximum absolute atomic E-state index is 4.10. The molecule has 2 nitrogen and oxygen atoms in total. The van der Waals surface area contributed by atoms with Crippen LogP contribution in [-0.4, -0.2) is 4.98 Å². The summed E-state index contributed by atoms with van der Waals surface area (Å²) in [5.41, 5.74) is 1.21. The molecule has 1 aliphatic rings. The van der Waals surface area contributed by atoms with Crippen molar-refractivity contribution in [3.8, 4) is 0 Å². The number of pyridine rings is 1. The summed E-state index contributed by atoms with van der Waals surface area (Å²) >= 11 is 0. The van der Waals surface area contributed by atoms with Crippen LogP contribution in [-0.2, 0) is 6.42 Å². The first-order valence-corrected chi connectivity index (χ1v) is 3.26. The third-order valence-corrected chi connectivity index (χ3v) is 1.51. The lowest BCUT2D eigenvalue weighted by Gasteiger charge is -2.06. The van der Waals surface area contributed by atoms with E-state index in [4.69, 9.17) is 0 Å². The van der Waals surface area contributed by atoms with Crippen molar-refractivity contribution in [1.29, 1.82) is 0 Å². The van der Waals surface area contributed by atoms with Crippen molar-refractivity contribution in [3.63, 3.8) is 0 Å². The van der Waals surface area contributed by atoms with Gasteiger partial charge in [-0.25, -0.2) is 10.3 Å². The summed E-state index contributed by atoms with van der Waals surface area (Å²) in [6.07, 6.45) is 6.56. The Balaban J connectivity index is 2.47. The molecule has 2 heteroatoms. The van der Waals surface area contributed by atoms with Gasteiger partial charge in [-0.05, 0) is 12.5 Å². The quantitative estimate of drug-likeness (QED) is 0.522. The molecular formula is C8H7N2. The minimum atomic E-state index is 0.866. The molecule has 0 amide bonds. The normalized spacial score (nSPS) is 14.0. The summed E-state index contributed by atoms with van der Waals surface area (Å²) in [6.45, 7) is 0. The predicted octanol–water partition coefficient (Wildman–Crippen LogP) is 1.39. The summed E-state index contributed by atoms with van der Waals surface area (Å²) in [7, 11) is 0. The fraction of sp³-hybridized carbons (Fsp3) is 0.125. The summed E-state index contributed by atoms with van der Waals surface area (Å²) in [5.74, 6) is 0.866. The summed E-state index contributed by atoms with van der Waals surface area (Å²) in [5, 5.41) is 4.10. The molecular weight excluding hydrogens is 124 g/mol. The first-order valence-electron chi connectivity index (χ1n) is 3.26. The monoisotopic (exact) mass is 131 g/mol. The molecule has 1 aliphatic heterocycles. The molecule has 2 rings (SSSR count). The molecule has 0 bridgehead atoms. The Bertz CT molecular complexity index is 239. The van der Waals surface area contributed by atoms with Gasteiger partial charge in [-0.1, -0.05) is 12.1 Å². The zero-order valence-corrected chi connectivity index (χ0v) is 5.49. The van der Waals surface area contributed by atoms with Crippen LogP contribution in [0.5, 0.6) is 0 Å². The molecule has 0 fully saturated rings. The molecule has 0 spiro atoms. The Labute approximate surface area is 59.6 Å². The largest absolute Gasteiger partial charge is 0.237 e. The van der Waals surface area contributed by atoms with Crippen LogP contribution in [0.2, 0.25) is 0 Å². The number of aromatic nitrogens is 1. The Morgan fingerprint density at radius 3 is 3.30 bits per heavy atom. The highest BCUT2D eigenvalue weighted by Crippen LogP contribution is 2.15. The van der Waals surface area contributed by atoms with Gasteiger partial charge in [-0.2, -0.15) is 0 Å². The minimum Gasteiger partial charge on any atom is -0.237 e. The van der Waals surface area contributed by atoms with Gasteiger partial charge in [-0.15, -0.1) is 0 Å². The first kappa shape index (κ1) is 5.47. The van der Waals surface area contributed by atoms with Gasteiger partial charge in [0.1, 0.15) is 0 Å². The second kappa shape index (κ2) is 2.14. The van der Waals surface area contributed by atoms with E-state index in [9.17, 15) is 0 Å². The molecule has 0 saturated heterocycles. The molecule has 1 radical (unpaired) electrons. The SMILES string of the molecule is C1=C[N]c2ncccc2C1. The van der Waals surface area contributed by atoms with Gasteiger partial charge >= 0.3 is 0 Å². The molecule has 0 aromatic carbocycles. The van der Waals surface area contributed by atoms with Gasteiger partial charge in [0, 0.05) is 18.0 Å². The van der Waals surface area contributed by atoms with Gasteiger partial charge in [-0.3, -0.25) is 0 Å². The lowest BCUT2D eigenvalue weighted by atomic mass is 10.1. The van der Waals surface area contributed by atoms with Gasteiger partial charge < -0.3 is 0 Å². The van der Waals surface area contributed by atoms with E-state index >= 15 is 0 Å². The average molecular weight is 131 g/mol. The fourth-order valence-corrected chi connectivity index (χ4v) is 1.01. The van der Waals surface area contributed by atoms with Crippen LogP contribution in [0.25, 0.3) is 0 Å². The molecule has 0 saturated carbocycles. The highest BCUT2D eigenvalue weighted by Gasteiger charge is 2.03. The van der Waals surface area contributed by atoms with Crippen molar-refractivity contribution in [1.82, 2.24) is 10.3 Å². The van der Waals surface area contributed by atoms with E-state index in [0.717, 1.165) is 12.2 Å². The zero-order chi connectivity index (χ0) is 6.81. The van der Waals surface area contributed by atoms with Crippen molar-refractivity contribution in [2.75, 3.05) is 0 Å². The highest BCUT2D eigenvalue weighted by atomic mass is 15.0. The van der Waals surface area contributed by atoms with Crippen LogP contribution in [0.1, 0.15) is 5.56 Å². The Kier molecular flexibility index (Phi) is 1.17. The van der Waals surface area contributed by atoms with Crippen LogP contribution in [0.4, 0.5) is 5.82 Å². The van der Waals surface area contributed by atoms with E-state index in [1.54, 1.807) is 12.4 Å². The minimum absolute atomic E-state index is 0.866. The lowest BCUT2D eigenvalue weighted by Crippen LogP contribution is -2.00. The standard InChI is InChI=1S/C8H7N2/c1-3-7-4-2-6-10-8(7)9-5-1/h1-3,5-6H,4H2. The number of hydrogen-bond donors (Lipinski definition) is 0. The van der Waals surface area contributed by atoms with Crippen molar-refractivity contribution >= 4 is 5.82 Å². The van der Waals surface area contributed by atoms with Crippen LogP contribution in [0.3, 0.4) is 0 Å². The van der Waals surface area contributed by atoms with E-state index in [2.05, 4.69) is 16.4 Å². The van der Waals surface area contributed by atoms with Gasteiger partial charge in [0.05, 0.1) is 0 Å². The van der Waals surface area contributed by atoms with E-state index < -0.39 is 0 Å². The van der Waals surface area contributed by atoms with Crippen LogP contribution < -0.4 is 5.32 Å². The van der Waals surface area contributed by atoms with Gasteiger partial charge in [0.15, 0.2) is 5.82 Å². The van der Waals surface area contributed by atoms with Crippen molar-refractivity contribution in [2.24, 2.45) is 0 Å². The molecule has 10 heavy (non-hydrogen) atoms. The first-order chi connectivity index (χ1) is 4.97. The van der Waals surface area contributed by atoms with Crippen LogP contribution >= 0.6 is 0 Å². The lowest BCUT2D eigenvalue weighted by molar-refractivity contribution is 0.999. The Hall–Kier alpha value is -1.31. The number of nitrogens with zero attached hydrogens (tertiary/aromatic N) is 2. The molecule has 0 N–H and O–H groups in total. The number of hydrogen-bond acceptors (Lipinski definition) is 1. The maximum atomic E-state index is 4.10. The topological polar surface area (TPSA) is 27.0 Å². The second-order valence-electron chi connectivity index (χ2n) is 2.20.